The van der Waals surface area contributed by atoms with Gasteiger partial charge in [0.2, 0.25) is 11.8 Å². The number of carbonyl (C=O) groups is 2. The molecule has 1 atom stereocenters. The van der Waals surface area contributed by atoms with E-state index in [0.29, 0.717) is 13.2 Å². The van der Waals surface area contributed by atoms with Gasteiger partial charge in [0.1, 0.15) is 19.2 Å². The van der Waals surface area contributed by atoms with Crippen LogP contribution in [0.1, 0.15) is 42.6 Å². The van der Waals surface area contributed by atoms with Crippen molar-refractivity contribution in [2.75, 3.05) is 24.6 Å². The third kappa shape index (κ3) is 5.41. The van der Waals surface area contributed by atoms with Crippen LogP contribution in [0.2, 0.25) is 0 Å². The van der Waals surface area contributed by atoms with Crippen LogP contribution in [0.3, 0.4) is 0 Å². The van der Waals surface area contributed by atoms with Gasteiger partial charge in [0.05, 0.1) is 23.7 Å². The first-order chi connectivity index (χ1) is 18.7. The van der Waals surface area contributed by atoms with Crippen LogP contribution in [0, 0.1) is 0 Å². The summed E-state index contributed by atoms with van der Waals surface area (Å²) in [6.45, 7) is 2.88. The van der Waals surface area contributed by atoms with Crippen molar-refractivity contribution in [3.63, 3.8) is 0 Å². The van der Waals surface area contributed by atoms with E-state index in [1.807, 2.05) is 102 Å². The number of amides is 2. The lowest BCUT2D eigenvalue weighted by Crippen LogP contribution is -2.47. The number of fused-ring (bicyclic) bond motifs is 3. The molecular formula is C32H33N3O3. The minimum Gasteiger partial charge on any atom is -0.367 e. The van der Waals surface area contributed by atoms with Crippen molar-refractivity contribution >= 4 is 17.5 Å². The first-order valence-corrected chi connectivity index (χ1v) is 13.2. The number of hydrogen-bond acceptors (Lipinski definition) is 3. The summed E-state index contributed by atoms with van der Waals surface area (Å²) < 4.78 is 7.88. The Hall–Kier alpha value is -4.16. The molecule has 0 spiro atoms. The van der Waals surface area contributed by atoms with Gasteiger partial charge in [-0.15, -0.1) is 0 Å². The molecular weight excluding hydrogens is 474 g/mol. The largest absolute Gasteiger partial charge is 0.367 e. The number of unbranched alkanes of at least 4 members (excludes halogenated alkanes) is 1. The molecule has 0 aliphatic carbocycles. The number of carbonyl (C=O) groups excluding carboxylic acids is 2. The minimum absolute atomic E-state index is 0.00803. The van der Waals surface area contributed by atoms with E-state index >= 15 is 0 Å². The summed E-state index contributed by atoms with van der Waals surface area (Å²) in [4.78, 5) is 30.9. The monoisotopic (exact) mass is 507 g/mol. The molecule has 0 fully saturated rings. The molecule has 4 aromatic rings. The van der Waals surface area contributed by atoms with Gasteiger partial charge in [-0.1, -0.05) is 86.1 Å². The maximum atomic E-state index is 14.1. The van der Waals surface area contributed by atoms with E-state index in [-0.39, 0.29) is 31.0 Å². The molecule has 38 heavy (non-hydrogen) atoms. The van der Waals surface area contributed by atoms with Crippen molar-refractivity contribution in [2.24, 2.45) is 0 Å². The summed E-state index contributed by atoms with van der Waals surface area (Å²) in [5.41, 5.74) is 4.83. The second-order valence-electron chi connectivity index (χ2n) is 9.52. The molecule has 0 bridgehead atoms. The highest BCUT2D eigenvalue weighted by Gasteiger charge is 2.36. The van der Waals surface area contributed by atoms with E-state index in [0.717, 1.165) is 41.0 Å². The van der Waals surface area contributed by atoms with Crippen LogP contribution in [0.15, 0.2) is 103 Å². The van der Waals surface area contributed by atoms with Gasteiger partial charge in [0, 0.05) is 12.7 Å². The number of nitrogens with zero attached hydrogens (tertiary/aromatic N) is 3. The van der Waals surface area contributed by atoms with Crippen LogP contribution >= 0.6 is 0 Å². The van der Waals surface area contributed by atoms with Gasteiger partial charge in [0.15, 0.2) is 0 Å². The van der Waals surface area contributed by atoms with Gasteiger partial charge in [-0.2, -0.15) is 0 Å². The number of benzene rings is 3. The highest BCUT2D eigenvalue weighted by Crippen LogP contribution is 2.42. The summed E-state index contributed by atoms with van der Waals surface area (Å²) in [7, 11) is 0. The Balaban J connectivity index is 1.40. The Morgan fingerprint density at radius 2 is 1.53 bits per heavy atom. The highest BCUT2D eigenvalue weighted by atomic mass is 16.5. The maximum absolute atomic E-state index is 14.1. The molecule has 1 aliphatic rings. The Morgan fingerprint density at radius 3 is 2.26 bits per heavy atom. The van der Waals surface area contributed by atoms with E-state index in [4.69, 9.17) is 4.74 Å². The van der Waals surface area contributed by atoms with E-state index < -0.39 is 0 Å². The van der Waals surface area contributed by atoms with Crippen molar-refractivity contribution in [3.05, 3.63) is 120 Å². The quantitative estimate of drug-likeness (QED) is 0.274. The molecule has 2 amide bonds. The van der Waals surface area contributed by atoms with E-state index in [2.05, 4.69) is 17.6 Å². The first kappa shape index (κ1) is 25.5. The summed E-state index contributed by atoms with van der Waals surface area (Å²) in [6, 6.07) is 31.6. The van der Waals surface area contributed by atoms with E-state index in [9.17, 15) is 9.59 Å². The molecule has 1 aromatic heterocycles. The fourth-order valence-corrected chi connectivity index (χ4v) is 5.01. The summed E-state index contributed by atoms with van der Waals surface area (Å²) in [6.07, 6.45) is 3.78. The smallest absolute Gasteiger partial charge is 0.249 e. The Bertz CT molecular complexity index is 1370. The zero-order valence-electron chi connectivity index (χ0n) is 21.7. The van der Waals surface area contributed by atoms with Crippen LogP contribution in [0.25, 0.3) is 5.69 Å². The predicted molar refractivity (Wildman–Crippen MR) is 149 cm³/mol. The Labute approximate surface area is 224 Å². The predicted octanol–water partition coefficient (Wildman–Crippen LogP) is 5.76. The normalized spacial score (nSPS) is 14.0. The van der Waals surface area contributed by atoms with Crippen LogP contribution in [-0.4, -0.2) is 41.0 Å². The lowest BCUT2D eigenvalue weighted by molar-refractivity contribution is -0.139. The molecule has 0 radical (unpaired) electrons. The lowest BCUT2D eigenvalue weighted by Gasteiger charge is -2.39. The number of ether oxygens (including phenoxy) is 1. The van der Waals surface area contributed by atoms with Crippen molar-refractivity contribution in [1.29, 1.82) is 0 Å². The lowest BCUT2D eigenvalue weighted by atomic mass is 9.97. The van der Waals surface area contributed by atoms with Crippen molar-refractivity contribution in [1.82, 2.24) is 9.47 Å². The molecule has 194 valence electrons. The Morgan fingerprint density at radius 1 is 0.842 bits per heavy atom. The first-order valence-electron chi connectivity index (χ1n) is 13.2. The minimum atomic E-state index is -0.300. The molecule has 1 unspecified atom stereocenters. The standard InChI is InChI=1S/C32H33N3O3/c1-2-3-20-33(31(37)24-38-23-25-13-6-4-7-14-25)22-30(36)35-28-18-11-10-17-27(28)34-21-12-19-29(34)32(35)26-15-8-5-9-16-26/h4-19,21,32H,2-3,20,22-24H2,1H3. The fraction of sp³-hybridized carbons (Fsp3) is 0.250. The highest BCUT2D eigenvalue weighted by molar-refractivity contribution is 6.00. The van der Waals surface area contributed by atoms with E-state index in [1.165, 1.54) is 0 Å². The van der Waals surface area contributed by atoms with Crippen LogP contribution in [-0.2, 0) is 20.9 Å². The van der Waals surface area contributed by atoms with Crippen molar-refractivity contribution < 1.29 is 14.3 Å². The number of para-hydroxylation sites is 2. The average Bonchev–Trinajstić information content (AvgIpc) is 3.45. The second-order valence-corrected chi connectivity index (χ2v) is 9.52. The fourth-order valence-electron chi connectivity index (χ4n) is 5.01. The van der Waals surface area contributed by atoms with Gasteiger partial charge in [-0.05, 0) is 41.8 Å². The molecule has 6 nitrogen and oxygen atoms in total. The number of hydrogen-bond donors (Lipinski definition) is 0. The van der Waals surface area contributed by atoms with E-state index in [1.54, 1.807) is 4.90 Å². The summed E-state index contributed by atoms with van der Waals surface area (Å²) in [5, 5.41) is 0. The Kier molecular flexibility index (Phi) is 8.00. The molecule has 1 aliphatic heterocycles. The van der Waals surface area contributed by atoms with Crippen LogP contribution < -0.4 is 4.90 Å². The maximum Gasteiger partial charge on any atom is 0.249 e. The van der Waals surface area contributed by atoms with Crippen LogP contribution in [0.4, 0.5) is 5.69 Å². The number of anilines is 1. The molecule has 2 heterocycles. The molecule has 0 saturated heterocycles. The topological polar surface area (TPSA) is 54.8 Å². The second kappa shape index (κ2) is 11.9. The van der Waals surface area contributed by atoms with Gasteiger partial charge >= 0.3 is 0 Å². The molecule has 5 rings (SSSR count). The number of rotatable bonds is 10. The average molecular weight is 508 g/mol. The molecule has 0 N–H and O–H groups in total. The summed E-state index contributed by atoms with van der Waals surface area (Å²) >= 11 is 0. The SMILES string of the molecule is CCCCN(CC(=O)N1c2ccccc2-n2cccc2C1c1ccccc1)C(=O)COCc1ccccc1. The third-order valence-electron chi connectivity index (χ3n) is 6.90. The zero-order valence-corrected chi connectivity index (χ0v) is 21.7. The van der Waals surface area contributed by atoms with Crippen LogP contribution in [0.5, 0.6) is 0 Å². The van der Waals surface area contributed by atoms with Gasteiger partial charge < -0.3 is 14.2 Å². The van der Waals surface area contributed by atoms with Gasteiger partial charge in [0.25, 0.3) is 0 Å². The summed E-state index contributed by atoms with van der Waals surface area (Å²) in [5.74, 6) is -0.293. The van der Waals surface area contributed by atoms with Crippen molar-refractivity contribution in [3.8, 4) is 5.69 Å². The molecule has 0 saturated carbocycles. The number of aromatic nitrogens is 1. The third-order valence-corrected chi connectivity index (χ3v) is 6.90. The zero-order chi connectivity index (χ0) is 26.3. The molecule has 6 heteroatoms. The molecule has 3 aromatic carbocycles. The van der Waals surface area contributed by atoms with Gasteiger partial charge in [-0.3, -0.25) is 14.5 Å². The van der Waals surface area contributed by atoms with Crippen molar-refractivity contribution in [2.45, 2.75) is 32.4 Å². The van der Waals surface area contributed by atoms with Gasteiger partial charge in [-0.25, -0.2) is 0 Å².